The van der Waals surface area contributed by atoms with Crippen LogP contribution in [0.5, 0.6) is 0 Å². The number of benzene rings is 2. The fourth-order valence-corrected chi connectivity index (χ4v) is 6.24. The first kappa shape index (κ1) is 27.7. The molecule has 1 aliphatic rings. The van der Waals surface area contributed by atoms with Crippen LogP contribution >= 0.6 is 11.3 Å². The Morgan fingerprint density at radius 1 is 1.03 bits per heavy atom. The quantitative estimate of drug-likeness (QED) is 0.258. The van der Waals surface area contributed by atoms with E-state index in [2.05, 4.69) is 10.6 Å². The van der Waals surface area contributed by atoms with Gasteiger partial charge in [0.25, 0.3) is 5.91 Å². The monoisotopic (exact) mass is 544 g/mol. The van der Waals surface area contributed by atoms with Gasteiger partial charge in [0.1, 0.15) is 0 Å². The smallest absolute Gasteiger partial charge is 0.416 e. The number of aryl methyl sites for hydroxylation is 1. The highest BCUT2D eigenvalue weighted by Gasteiger charge is 2.31. The van der Waals surface area contributed by atoms with Crippen molar-refractivity contribution in [3.63, 3.8) is 0 Å². The summed E-state index contributed by atoms with van der Waals surface area (Å²) in [5, 5.41) is 15.0. The lowest BCUT2D eigenvalue weighted by Gasteiger charge is -2.32. The Morgan fingerprint density at radius 3 is 2.29 bits per heavy atom. The van der Waals surface area contributed by atoms with Gasteiger partial charge in [-0.2, -0.15) is 13.2 Å². The summed E-state index contributed by atoms with van der Waals surface area (Å²) in [7, 11) is 0. The zero-order valence-corrected chi connectivity index (χ0v) is 21.9. The fourth-order valence-electron chi connectivity index (χ4n) is 4.92. The van der Waals surface area contributed by atoms with Crippen LogP contribution in [0, 0.1) is 12.8 Å². The number of carbonyl (C=O) groups excluding carboxylic acids is 1. The lowest BCUT2D eigenvalue weighted by Crippen LogP contribution is -2.26. The van der Waals surface area contributed by atoms with Gasteiger partial charge in [0.2, 0.25) is 0 Å². The Labute approximate surface area is 224 Å². The number of nitrogens with one attached hydrogen (secondary N) is 2. The van der Waals surface area contributed by atoms with Crippen molar-refractivity contribution in [2.24, 2.45) is 5.92 Å². The van der Waals surface area contributed by atoms with Crippen LogP contribution in [-0.4, -0.2) is 23.5 Å². The lowest BCUT2D eigenvalue weighted by atomic mass is 9.82. The Bertz CT molecular complexity index is 1250. The van der Waals surface area contributed by atoms with Crippen molar-refractivity contribution in [3.8, 4) is 10.4 Å². The number of halogens is 3. The van der Waals surface area contributed by atoms with Gasteiger partial charge in [-0.15, -0.1) is 11.3 Å². The molecule has 3 aromatic rings. The van der Waals surface area contributed by atoms with Crippen LogP contribution in [-0.2, 0) is 11.0 Å². The molecule has 1 aliphatic carbocycles. The molecule has 1 heterocycles. The van der Waals surface area contributed by atoms with E-state index in [9.17, 15) is 22.8 Å². The van der Waals surface area contributed by atoms with Crippen LogP contribution in [0.4, 0.5) is 18.9 Å². The molecule has 3 N–H and O–H groups in total. The first-order chi connectivity index (χ1) is 18.1. The van der Waals surface area contributed by atoms with E-state index in [0.717, 1.165) is 59.5 Å². The number of carbonyl (C=O) groups is 2. The average Bonchev–Trinajstić information content (AvgIpc) is 3.28. The van der Waals surface area contributed by atoms with Gasteiger partial charge in [-0.1, -0.05) is 31.4 Å². The predicted molar refractivity (Wildman–Crippen MR) is 143 cm³/mol. The highest BCUT2D eigenvalue weighted by molar-refractivity contribution is 7.15. The molecular formula is C29H31F3N2O3S. The number of carboxylic acids is 1. The van der Waals surface area contributed by atoms with Gasteiger partial charge in [0.15, 0.2) is 0 Å². The molecule has 0 saturated heterocycles. The minimum absolute atomic E-state index is 0.0405. The molecule has 0 bridgehead atoms. The molecule has 202 valence electrons. The van der Waals surface area contributed by atoms with Crippen LogP contribution < -0.4 is 10.6 Å². The third kappa shape index (κ3) is 6.95. The van der Waals surface area contributed by atoms with Crippen LogP contribution in [0.25, 0.3) is 10.4 Å². The summed E-state index contributed by atoms with van der Waals surface area (Å²) >= 11 is 1.61. The molecule has 4 rings (SSSR count). The third-order valence-electron chi connectivity index (χ3n) is 6.95. The standard InChI is InChI=1S/C29H31F3N2O3S/c1-18-17-24(19-7-11-22(12-8-19)29(30,31)32)38-27(18)26(20-5-3-2-4-6-20)34-23-13-9-21(10-14-23)28(37)33-16-15-25(35)36/h7-14,17,20,26,34H,2-6,15-16H2,1H3,(H,33,37)(H,35,36). The van der Waals surface area contributed by atoms with E-state index in [1.807, 2.05) is 25.1 Å². The summed E-state index contributed by atoms with van der Waals surface area (Å²) in [5.74, 6) is -0.874. The summed E-state index contributed by atoms with van der Waals surface area (Å²) in [6, 6.07) is 14.5. The maximum absolute atomic E-state index is 13.0. The minimum Gasteiger partial charge on any atom is -0.481 e. The summed E-state index contributed by atoms with van der Waals surface area (Å²) in [6.07, 6.45) is 1.23. The molecule has 1 amide bonds. The topological polar surface area (TPSA) is 78.4 Å². The summed E-state index contributed by atoms with van der Waals surface area (Å²) in [4.78, 5) is 25.1. The van der Waals surface area contributed by atoms with E-state index in [-0.39, 0.29) is 24.9 Å². The highest BCUT2D eigenvalue weighted by atomic mass is 32.1. The Morgan fingerprint density at radius 2 is 1.68 bits per heavy atom. The average molecular weight is 545 g/mol. The number of anilines is 1. The minimum atomic E-state index is -4.36. The molecule has 9 heteroatoms. The summed E-state index contributed by atoms with van der Waals surface area (Å²) in [5.41, 5.74) is 2.52. The van der Waals surface area contributed by atoms with Crippen molar-refractivity contribution >= 4 is 28.9 Å². The first-order valence-corrected chi connectivity index (χ1v) is 13.6. The Hall–Kier alpha value is -3.33. The Kier molecular flexibility index (Phi) is 8.76. The SMILES string of the molecule is Cc1cc(-c2ccc(C(F)(F)F)cc2)sc1C(Nc1ccc(C(=O)NCCC(=O)O)cc1)C1CCCCC1. The van der Waals surface area contributed by atoms with E-state index in [4.69, 9.17) is 5.11 Å². The van der Waals surface area contributed by atoms with Crippen LogP contribution in [0.1, 0.15) is 70.9 Å². The second-order valence-corrected chi connectivity index (χ2v) is 10.8. The van der Waals surface area contributed by atoms with Gasteiger partial charge in [-0.05, 0) is 79.3 Å². The largest absolute Gasteiger partial charge is 0.481 e. The van der Waals surface area contributed by atoms with E-state index >= 15 is 0 Å². The van der Waals surface area contributed by atoms with Gasteiger partial charge in [-0.3, -0.25) is 9.59 Å². The molecule has 0 spiro atoms. The molecule has 1 fully saturated rings. The number of alkyl halides is 3. The second kappa shape index (κ2) is 12.0. The molecule has 2 aromatic carbocycles. The van der Waals surface area contributed by atoms with E-state index in [1.54, 1.807) is 23.5 Å². The molecule has 1 atom stereocenters. The Balaban J connectivity index is 1.54. The van der Waals surface area contributed by atoms with E-state index in [0.29, 0.717) is 11.5 Å². The van der Waals surface area contributed by atoms with Gasteiger partial charge < -0.3 is 15.7 Å². The predicted octanol–water partition coefficient (Wildman–Crippen LogP) is 7.68. The van der Waals surface area contributed by atoms with Gasteiger partial charge in [-0.25, -0.2) is 0 Å². The fraction of sp³-hybridized carbons (Fsp3) is 0.379. The number of thiophene rings is 1. The maximum Gasteiger partial charge on any atom is 0.416 e. The van der Waals surface area contributed by atoms with Crippen molar-refractivity contribution < 1.29 is 27.9 Å². The maximum atomic E-state index is 13.0. The molecule has 38 heavy (non-hydrogen) atoms. The zero-order valence-electron chi connectivity index (χ0n) is 21.1. The second-order valence-electron chi connectivity index (χ2n) is 9.73. The molecular weight excluding hydrogens is 513 g/mol. The van der Waals surface area contributed by atoms with Gasteiger partial charge in [0.05, 0.1) is 18.0 Å². The summed E-state index contributed by atoms with van der Waals surface area (Å²) < 4.78 is 39.0. The van der Waals surface area contributed by atoms with E-state index < -0.39 is 17.7 Å². The number of hydrogen-bond acceptors (Lipinski definition) is 4. The molecule has 1 aromatic heterocycles. The molecule has 1 unspecified atom stereocenters. The van der Waals surface area contributed by atoms with Gasteiger partial charge in [0, 0.05) is 27.5 Å². The number of amides is 1. The van der Waals surface area contributed by atoms with E-state index in [1.165, 1.54) is 23.4 Å². The summed E-state index contributed by atoms with van der Waals surface area (Å²) in [6.45, 7) is 2.11. The van der Waals surface area contributed by atoms with Crippen molar-refractivity contribution in [2.75, 3.05) is 11.9 Å². The lowest BCUT2D eigenvalue weighted by molar-refractivity contribution is -0.138. The van der Waals surface area contributed by atoms with Crippen molar-refractivity contribution in [2.45, 2.75) is 57.7 Å². The number of carboxylic acid groups (broad SMARTS) is 1. The van der Waals surface area contributed by atoms with Crippen molar-refractivity contribution in [3.05, 3.63) is 76.2 Å². The van der Waals surface area contributed by atoms with Crippen LogP contribution in [0.15, 0.2) is 54.6 Å². The zero-order chi connectivity index (χ0) is 27.3. The number of aliphatic carboxylic acids is 1. The first-order valence-electron chi connectivity index (χ1n) is 12.8. The van der Waals surface area contributed by atoms with Crippen LogP contribution in [0.3, 0.4) is 0 Å². The number of hydrogen-bond donors (Lipinski definition) is 3. The molecule has 5 nitrogen and oxygen atoms in total. The van der Waals surface area contributed by atoms with Gasteiger partial charge >= 0.3 is 12.1 Å². The molecule has 0 aliphatic heterocycles. The highest BCUT2D eigenvalue weighted by Crippen LogP contribution is 2.43. The van der Waals surface area contributed by atoms with Crippen molar-refractivity contribution in [1.29, 1.82) is 0 Å². The molecule has 0 radical (unpaired) electrons. The normalized spacial score (nSPS) is 15.2. The molecule has 1 saturated carbocycles. The third-order valence-corrected chi connectivity index (χ3v) is 8.32. The van der Waals surface area contributed by atoms with Crippen LogP contribution in [0.2, 0.25) is 0 Å². The number of rotatable bonds is 9. The van der Waals surface area contributed by atoms with Crippen molar-refractivity contribution in [1.82, 2.24) is 5.32 Å².